The lowest BCUT2D eigenvalue weighted by atomic mass is 10.2. The van der Waals surface area contributed by atoms with Gasteiger partial charge in [-0.2, -0.15) is 0 Å². The van der Waals surface area contributed by atoms with Gasteiger partial charge < -0.3 is 29.9 Å². The zero-order chi connectivity index (χ0) is 19.5. The fraction of sp³-hybridized carbons (Fsp3) is 0.650. The van der Waals surface area contributed by atoms with Crippen molar-refractivity contribution >= 4 is 5.96 Å². The molecule has 0 amide bonds. The fourth-order valence-corrected chi connectivity index (χ4v) is 3.15. The van der Waals surface area contributed by atoms with Gasteiger partial charge in [0.2, 0.25) is 0 Å². The van der Waals surface area contributed by atoms with Crippen molar-refractivity contribution in [1.82, 2.24) is 20.4 Å². The van der Waals surface area contributed by atoms with Crippen LogP contribution in [0.3, 0.4) is 0 Å². The van der Waals surface area contributed by atoms with Gasteiger partial charge in [-0.05, 0) is 51.2 Å². The van der Waals surface area contributed by atoms with Crippen molar-refractivity contribution in [2.45, 2.75) is 19.9 Å². The van der Waals surface area contributed by atoms with E-state index in [0.717, 1.165) is 55.7 Å². The van der Waals surface area contributed by atoms with Gasteiger partial charge in [0.05, 0.1) is 20.8 Å². The lowest BCUT2D eigenvalue weighted by Crippen LogP contribution is -2.42. The SMILES string of the molecule is CCNC(=NCc1ccc(OC)c(OC)c1)NCCN1CCCN(C)CC1. The maximum Gasteiger partial charge on any atom is 0.191 e. The Hall–Kier alpha value is -1.99. The number of aliphatic imine (C=N–C) groups is 1. The third-order valence-corrected chi connectivity index (χ3v) is 4.74. The predicted octanol–water partition coefficient (Wildman–Crippen LogP) is 1.40. The standard InChI is InChI=1S/C20H35N5O2/c1-5-21-20(22-9-12-25-11-6-10-24(2)13-14-25)23-16-17-7-8-18(26-3)19(15-17)27-4/h7-8,15H,5-6,9-14,16H2,1-4H3,(H2,21,22,23). The van der Waals surface area contributed by atoms with Gasteiger partial charge in [-0.15, -0.1) is 0 Å². The van der Waals surface area contributed by atoms with Crippen LogP contribution in [-0.4, -0.2) is 82.8 Å². The van der Waals surface area contributed by atoms with Gasteiger partial charge in [-0.3, -0.25) is 0 Å². The Bertz CT molecular complexity index is 594. The van der Waals surface area contributed by atoms with E-state index < -0.39 is 0 Å². The summed E-state index contributed by atoms with van der Waals surface area (Å²) in [6.07, 6.45) is 1.24. The maximum atomic E-state index is 5.37. The molecule has 2 rings (SSSR count). The van der Waals surface area contributed by atoms with Crippen molar-refractivity contribution in [2.24, 2.45) is 4.99 Å². The average molecular weight is 378 g/mol. The zero-order valence-corrected chi connectivity index (χ0v) is 17.3. The fourth-order valence-electron chi connectivity index (χ4n) is 3.15. The number of hydrogen-bond donors (Lipinski definition) is 2. The van der Waals surface area contributed by atoms with E-state index in [4.69, 9.17) is 14.5 Å². The summed E-state index contributed by atoms with van der Waals surface area (Å²) in [4.78, 5) is 9.63. The smallest absolute Gasteiger partial charge is 0.191 e. The first kappa shape index (κ1) is 21.3. The largest absolute Gasteiger partial charge is 0.493 e. The van der Waals surface area contributed by atoms with Crippen molar-refractivity contribution in [2.75, 3.05) is 67.1 Å². The second kappa shape index (κ2) is 11.7. The van der Waals surface area contributed by atoms with Crippen LogP contribution in [0.15, 0.2) is 23.2 Å². The van der Waals surface area contributed by atoms with Crippen LogP contribution < -0.4 is 20.1 Å². The lowest BCUT2D eigenvalue weighted by molar-refractivity contribution is 0.280. The minimum absolute atomic E-state index is 0.587. The number of benzene rings is 1. The van der Waals surface area contributed by atoms with Crippen molar-refractivity contribution in [3.63, 3.8) is 0 Å². The van der Waals surface area contributed by atoms with Gasteiger partial charge in [0, 0.05) is 32.7 Å². The highest BCUT2D eigenvalue weighted by Crippen LogP contribution is 2.27. The molecule has 1 aromatic carbocycles. The molecule has 1 aromatic rings. The van der Waals surface area contributed by atoms with E-state index in [0.29, 0.717) is 6.54 Å². The van der Waals surface area contributed by atoms with E-state index in [-0.39, 0.29) is 0 Å². The highest BCUT2D eigenvalue weighted by Gasteiger charge is 2.11. The number of rotatable bonds is 8. The molecule has 0 aromatic heterocycles. The molecule has 0 aliphatic carbocycles. The first-order valence-electron chi connectivity index (χ1n) is 9.80. The summed E-state index contributed by atoms with van der Waals surface area (Å²) < 4.78 is 10.7. The summed E-state index contributed by atoms with van der Waals surface area (Å²) in [5, 5.41) is 6.77. The molecule has 1 aliphatic rings. The molecule has 7 nitrogen and oxygen atoms in total. The Balaban J connectivity index is 1.86. The highest BCUT2D eigenvalue weighted by molar-refractivity contribution is 5.79. The van der Waals surface area contributed by atoms with Crippen molar-refractivity contribution in [1.29, 1.82) is 0 Å². The Morgan fingerprint density at radius 3 is 2.63 bits per heavy atom. The third kappa shape index (κ3) is 7.27. The van der Waals surface area contributed by atoms with E-state index in [2.05, 4.69) is 34.4 Å². The van der Waals surface area contributed by atoms with Crippen molar-refractivity contribution < 1.29 is 9.47 Å². The van der Waals surface area contributed by atoms with E-state index in [1.807, 2.05) is 18.2 Å². The van der Waals surface area contributed by atoms with Crippen LogP contribution in [0.2, 0.25) is 0 Å². The summed E-state index contributed by atoms with van der Waals surface area (Å²) in [7, 11) is 5.49. The van der Waals surface area contributed by atoms with Crippen LogP contribution in [0.4, 0.5) is 0 Å². The molecule has 1 saturated heterocycles. The van der Waals surface area contributed by atoms with Gasteiger partial charge in [0.15, 0.2) is 17.5 Å². The number of likely N-dealkylation sites (N-methyl/N-ethyl adjacent to an activating group) is 1. The number of nitrogens with zero attached hydrogens (tertiary/aromatic N) is 3. The van der Waals surface area contributed by atoms with Crippen molar-refractivity contribution in [3.8, 4) is 11.5 Å². The van der Waals surface area contributed by atoms with Gasteiger partial charge in [-0.1, -0.05) is 6.07 Å². The summed E-state index contributed by atoms with van der Waals surface area (Å²) in [5.74, 6) is 2.31. The van der Waals surface area contributed by atoms with Gasteiger partial charge in [-0.25, -0.2) is 4.99 Å². The summed E-state index contributed by atoms with van der Waals surface area (Å²) >= 11 is 0. The van der Waals surface area contributed by atoms with Gasteiger partial charge >= 0.3 is 0 Å². The van der Waals surface area contributed by atoms with E-state index in [9.17, 15) is 0 Å². The molecule has 0 radical (unpaired) electrons. The summed E-state index contributed by atoms with van der Waals surface area (Å²) in [6, 6.07) is 5.90. The number of hydrogen-bond acceptors (Lipinski definition) is 5. The topological polar surface area (TPSA) is 61.4 Å². The quantitative estimate of drug-likeness (QED) is 0.527. The number of nitrogens with one attached hydrogen (secondary N) is 2. The maximum absolute atomic E-state index is 5.37. The normalized spacial score (nSPS) is 16.7. The van der Waals surface area contributed by atoms with Crippen LogP contribution in [0.1, 0.15) is 18.9 Å². The number of methoxy groups -OCH3 is 2. The second-order valence-electron chi connectivity index (χ2n) is 6.81. The molecule has 0 atom stereocenters. The molecule has 152 valence electrons. The average Bonchev–Trinajstić information content (AvgIpc) is 2.90. The number of guanidine groups is 1. The molecule has 1 aliphatic heterocycles. The molecular weight excluding hydrogens is 342 g/mol. The van der Waals surface area contributed by atoms with E-state index in [1.165, 1.54) is 19.5 Å². The van der Waals surface area contributed by atoms with E-state index in [1.54, 1.807) is 14.2 Å². The minimum Gasteiger partial charge on any atom is -0.493 e. The molecule has 27 heavy (non-hydrogen) atoms. The Kier molecular flexibility index (Phi) is 9.21. The molecule has 0 saturated carbocycles. The first-order valence-corrected chi connectivity index (χ1v) is 9.80. The third-order valence-electron chi connectivity index (χ3n) is 4.74. The molecule has 1 heterocycles. The molecule has 0 bridgehead atoms. The zero-order valence-electron chi connectivity index (χ0n) is 17.3. The van der Waals surface area contributed by atoms with Crippen LogP contribution >= 0.6 is 0 Å². The molecular formula is C20H35N5O2. The summed E-state index contributed by atoms with van der Waals surface area (Å²) in [6.45, 7) is 10.1. The molecule has 0 unspecified atom stereocenters. The Morgan fingerprint density at radius 1 is 1.07 bits per heavy atom. The van der Waals surface area contributed by atoms with Gasteiger partial charge in [0.25, 0.3) is 0 Å². The molecule has 0 spiro atoms. The van der Waals surface area contributed by atoms with Crippen LogP contribution in [-0.2, 0) is 6.54 Å². The molecule has 7 heteroatoms. The van der Waals surface area contributed by atoms with E-state index >= 15 is 0 Å². The van der Waals surface area contributed by atoms with Crippen molar-refractivity contribution in [3.05, 3.63) is 23.8 Å². The Morgan fingerprint density at radius 2 is 1.89 bits per heavy atom. The molecule has 2 N–H and O–H groups in total. The summed E-state index contributed by atoms with van der Waals surface area (Å²) in [5.41, 5.74) is 1.08. The predicted molar refractivity (Wildman–Crippen MR) is 111 cm³/mol. The number of ether oxygens (including phenoxy) is 2. The monoisotopic (exact) mass is 377 g/mol. The van der Waals surface area contributed by atoms with Crippen LogP contribution in [0, 0.1) is 0 Å². The lowest BCUT2D eigenvalue weighted by Gasteiger charge is -2.21. The Labute approximate surface area is 163 Å². The van der Waals surface area contributed by atoms with Gasteiger partial charge in [0.1, 0.15) is 0 Å². The highest BCUT2D eigenvalue weighted by atomic mass is 16.5. The molecule has 1 fully saturated rings. The van der Waals surface area contributed by atoms with Crippen LogP contribution in [0.5, 0.6) is 11.5 Å². The minimum atomic E-state index is 0.587. The first-order chi connectivity index (χ1) is 13.2. The van der Waals surface area contributed by atoms with Crippen LogP contribution in [0.25, 0.3) is 0 Å². The second-order valence-corrected chi connectivity index (χ2v) is 6.81.